The van der Waals surface area contributed by atoms with E-state index in [1.165, 1.54) is 33.0 Å². The van der Waals surface area contributed by atoms with Crippen LogP contribution in [0.3, 0.4) is 0 Å². The zero-order valence-electron chi connectivity index (χ0n) is 15.9. The summed E-state index contributed by atoms with van der Waals surface area (Å²) in [4.78, 5) is 12.0. The summed E-state index contributed by atoms with van der Waals surface area (Å²) in [6.07, 6.45) is 2.50. The quantitative estimate of drug-likeness (QED) is 0.609. The smallest absolute Gasteiger partial charge is 0.306 e. The highest BCUT2D eigenvalue weighted by Crippen LogP contribution is 2.42. The van der Waals surface area contributed by atoms with Crippen molar-refractivity contribution in [3.63, 3.8) is 0 Å². The maximum atomic E-state index is 12.0. The van der Waals surface area contributed by atoms with Gasteiger partial charge in [0.15, 0.2) is 0 Å². The number of anilines is 1. The molecular weight excluding hydrogens is 334 g/mol. The lowest BCUT2D eigenvalue weighted by molar-refractivity contribution is -0.143. The molecule has 0 radical (unpaired) electrons. The maximum absolute atomic E-state index is 12.0. The van der Waals surface area contributed by atoms with E-state index in [0.717, 1.165) is 18.5 Å². The lowest BCUT2D eigenvalue weighted by atomic mass is 9.92. The zero-order valence-corrected chi connectivity index (χ0v) is 15.9. The second-order valence-electron chi connectivity index (χ2n) is 7.15. The van der Waals surface area contributed by atoms with Gasteiger partial charge >= 0.3 is 5.97 Å². The van der Waals surface area contributed by atoms with E-state index >= 15 is 0 Å². The first-order chi connectivity index (χ1) is 13.2. The van der Waals surface area contributed by atoms with Crippen molar-refractivity contribution in [1.29, 1.82) is 0 Å². The standard InChI is InChI=1S/C24H25NO2/c1-3-27-24(26)14-20-11-10-19-13-23(25-2)22(15-21(19)20)18-9-8-16-6-4-5-7-17(16)12-18/h4-9,12-13,15,20,25H,3,10-11,14H2,1-2H3. The molecule has 0 fully saturated rings. The Morgan fingerprint density at radius 2 is 1.93 bits per heavy atom. The van der Waals surface area contributed by atoms with Gasteiger partial charge in [0.1, 0.15) is 0 Å². The van der Waals surface area contributed by atoms with Gasteiger partial charge in [-0.05, 0) is 71.3 Å². The third-order valence-electron chi connectivity index (χ3n) is 5.53. The van der Waals surface area contributed by atoms with Crippen molar-refractivity contribution in [2.24, 2.45) is 0 Å². The summed E-state index contributed by atoms with van der Waals surface area (Å²) < 4.78 is 5.18. The van der Waals surface area contributed by atoms with Gasteiger partial charge in [0.2, 0.25) is 0 Å². The molecule has 3 aromatic carbocycles. The third-order valence-corrected chi connectivity index (χ3v) is 5.53. The number of aryl methyl sites for hydroxylation is 1. The van der Waals surface area contributed by atoms with Crippen molar-refractivity contribution >= 4 is 22.4 Å². The van der Waals surface area contributed by atoms with Crippen molar-refractivity contribution in [2.75, 3.05) is 19.0 Å². The molecule has 138 valence electrons. The van der Waals surface area contributed by atoms with E-state index in [0.29, 0.717) is 13.0 Å². The van der Waals surface area contributed by atoms with Gasteiger partial charge in [-0.15, -0.1) is 0 Å². The van der Waals surface area contributed by atoms with Crippen molar-refractivity contribution in [1.82, 2.24) is 0 Å². The van der Waals surface area contributed by atoms with Crippen LogP contribution in [0, 0.1) is 0 Å². The van der Waals surface area contributed by atoms with Crippen molar-refractivity contribution in [3.8, 4) is 11.1 Å². The fourth-order valence-electron chi connectivity index (χ4n) is 4.18. The molecule has 27 heavy (non-hydrogen) atoms. The van der Waals surface area contributed by atoms with Crippen LogP contribution in [0.15, 0.2) is 54.6 Å². The highest BCUT2D eigenvalue weighted by Gasteiger charge is 2.27. The first-order valence-corrected chi connectivity index (χ1v) is 9.69. The summed E-state index contributed by atoms with van der Waals surface area (Å²) in [6, 6.07) is 19.6. The molecule has 0 aromatic heterocycles. The molecular formula is C24H25NO2. The van der Waals surface area contributed by atoms with Crippen LogP contribution < -0.4 is 5.32 Å². The van der Waals surface area contributed by atoms with E-state index in [-0.39, 0.29) is 11.9 Å². The fraction of sp³-hybridized carbons (Fsp3) is 0.292. The molecule has 1 aliphatic carbocycles. The van der Waals surface area contributed by atoms with Crippen molar-refractivity contribution < 1.29 is 9.53 Å². The Bertz CT molecular complexity index is 993. The van der Waals surface area contributed by atoms with E-state index in [9.17, 15) is 4.79 Å². The van der Waals surface area contributed by atoms with E-state index in [4.69, 9.17) is 4.74 Å². The molecule has 4 rings (SSSR count). The molecule has 3 aromatic rings. The van der Waals surface area contributed by atoms with Crippen LogP contribution >= 0.6 is 0 Å². The van der Waals surface area contributed by atoms with Crippen molar-refractivity contribution in [2.45, 2.75) is 32.1 Å². The molecule has 0 heterocycles. The summed E-state index contributed by atoms with van der Waals surface area (Å²) in [5.74, 6) is 0.157. The van der Waals surface area contributed by atoms with E-state index in [1.807, 2.05) is 14.0 Å². The molecule has 1 atom stereocenters. The number of nitrogens with one attached hydrogen (secondary N) is 1. The van der Waals surface area contributed by atoms with Crippen LogP contribution in [0.1, 0.15) is 36.8 Å². The lowest BCUT2D eigenvalue weighted by Gasteiger charge is -2.16. The number of ether oxygens (including phenoxy) is 1. The van der Waals surface area contributed by atoms with Crippen LogP contribution in [-0.2, 0) is 16.0 Å². The first kappa shape index (κ1) is 17.6. The number of carbonyl (C=O) groups excluding carboxylic acids is 1. The molecule has 0 amide bonds. The summed E-state index contributed by atoms with van der Waals surface area (Å²) in [5, 5.41) is 5.84. The second kappa shape index (κ2) is 7.43. The monoisotopic (exact) mass is 359 g/mol. The van der Waals surface area contributed by atoms with Crippen LogP contribution in [0.2, 0.25) is 0 Å². The second-order valence-corrected chi connectivity index (χ2v) is 7.15. The molecule has 1 aliphatic rings. The number of benzene rings is 3. The largest absolute Gasteiger partial charge is 0.466 e. The molecule has 1 unspecified atom stereocenters. The molecule has 0 bridgehead atoms. The predicted molar refractivity (Wildman–Crippen MR) is 111 cm³/mol. The van der Waals surface area contributed by atoms with Gasteiger partial charge in [-0.3, -0.25) is 4.79 Å². The molecule has 0 spiro atoms. The molecule has 0 saturated heterocycles. The van der Waals surface area contributed by atoms with Crippen LogP contribution in [-0.4, -0.2) is 19.6 Å². The van der Waals surface area contributed by atoms with Gasteiger partial charge in [0.05, 0.1) is 13.0 Å². The van der Waals surface area contributed by atoms with E-state index < -0.39 is 0 Å². The Morgan fingerprint density at radius 1 is 1.11 bits per heavy atom. The number of fused-ring (bicyclic) bond motifs is 2. The van der Waals surface area contributed by atoms with Gasteiger partial charge in [0, 0.05) is 18.3 Å². The number of esters is 1. The third kappa shape index (κ3) is 3.42. The van der Waals surface area contributed by atoms with E-state index in [2.05, 4.69) is 59.9 Å². The van der Waals surface area contributed by atoms with Gasteiger partial charge in [-0.25, -0.2) is 0 Å². The summed E-state index contributed by atoms with van der Waals surface area (Å²) >= 11 is 0. The number of hydrogen-bond donors (Lipinski definition) is 1. The number of rotatable bonds is 5. The summed E-state index contributed by atoms with van der Waals surface area (Å²) in [5.41, 5.74) is 6.17. The Kier molecular flexibility index (Phi) is 4.85. The van der Waals surface area contributed by atoms with Crippen molar-refractivity contribution in [3.05, 3.63) is 65.7 Å². The molecule has 3 heteroatoms. The zero-order chi connectivity index (χ0) is 18.8. The fourth-order valence-corrected chi connectivity index (χ4v) is 4.18. The maximum Gasteiger partial charge on any atom is 0.306 e. The normalized spacial score (nSPS) is 15.6. The molecule has 0 aliphatic heterocycles. The van der Waals surface area contributed by atoms with Gasteiger partial charge in [-0.2, -0.15) is 0 Å². The van der Waals surface area contributed by atoms with Crippen LogP contribution in [0.25, 0.3) is 21.9 Å². The summed E-state index contributed by atoms with van der Waals surface area (Å²) in [6.45, 7) is 2.30. The molecule has 1 N–H and O–H groups in total. The molecule has 0 saturated carbocycles. The Labute approximate surface area is 160 Å². The minimum absolute atomic E-state index is 0.0969. The predicted octanol–water partition coefficient (Wildman–Crippen LogP) is 5.53. The van der Waals surface area contributed by atoms with Gasteiger partial charge < -0.3 is 10.1 Å². The van der Waals surface area contributed by atoms with Crippen LogP contribution in [0.4, 0.5) is 5.69 Å². The summed E-state index contributed by atoms with van der Waals surface area (Å²) in [7, 11) is 1.97. The first-order valence-electron chi connectivity index (χ1n) is 9.69. The Balaban J connectivity index is 1.75. The lowest BCUT2D eigenvalue weighted by Crippen LogP contribution is -2.09. The Hall–Kier alpha value is -2.81. The molecule has 3 nitrogen and oxygen atoms in total. The van der Waals surface area contributed by atoms with Crippen LogP contribution in [0.5, 0.6) is 0 Å². The average molecular weight is 359 g/mol. The highest BCUT2D eigenvalue weighted by molar-refractivity contribution is 5.90. The van der Waals surface area contributed by atoms with E-state index in [1.54, 1.807) is 0 Å². The SMILES string of the molecule is CCOC(=O)CC1CCc2cc(NC)c(-c3ccc4ccccc4c3)cc21. The topological polar surface area (TPSA) is 38.3 Å². The number of hydrogen-bond acceptors (Lipinski definition) is 3. The highest BCUT2D eigenvalue weighted by atomic mass is 16.5. The minimum Gasteiger partial charge on any atom is -0.466 e. The van der Waals surface area contributed by atoms with Gasteiger partial charge in [0.25, 0.3) is 0 Å². The van der Waals surface area contributed by atoms with Gasteiger partial charge in [-0.1, -0.05) is 36.4 Å². The Morgan fingerprint density at radius 3 is 2.70 bits per heavy atom. The minimum atomic E-state index is -0.0969. The number of carbonyl (C=O) groups is 1. The average Bonchev–Trinajstić information content (AvgIpc) is 3.08.